The van der Waals surface area contributed by atoms with Crippen LogP contribution in [0.15, 0.2) is 49.1 Å². The molecule has 0 spiro atoms. The Morgan fingerprint density at radius 1 is 1.08 bits per heavy atom. The van der Waals surface area contributed by atoms with E-state index in [0.717, 1.165) is 42.6 Å². The average molecular weight is 521 g/mol. The number of fused-ring (bicyclic) bond motifs is 1. The summed E-state index contributed by atoms with van der Waals surface area (Å²) in [4.78, 5) is 29.7. The van der Waals surface area contributed by atoms with Crippen LogP contribution in [0.2, 0.25) is 0 Å². The zero-order chi connectivity index (χ0) is 25.7. The quantitative estimate of drug-likeness (QED) is 0.318. The van der Waals surface area contributed by atoms with Gasteiger partial charge < -0.3 is 4.98 Å². The summed E-state index contributed by atoms with van der Waals surface area (Å²) in [6.45, 7) is 0.370. The molecule has 3 heterocycles. The van der Waals surface area contributed by atoms with E-state index in [1.807, 2.05) is 0 Å². The van der Waals surface area contributed by atoms with Crippen LogP contribution in [-0.2, 0) is 10.2 Å². The fourth-order valence-electron chi connectivity index (χ4n) is 4.30. The van der Waals surface area contributed by atoms with Crippen LogP contribution in [0.5, 0.6) is 0 Å². The van der Waals surface area contributed by atoms with Crippen LogP contribution in [-0.4, -0.2) is 52.0 Å². The maximum atomic E-state index is 15.4. The number of aromatic nitrogens is 4. The van der Waals surface area contributed by atoms with Crippen molar-refractivity contribution in [1.82, 2.24) is 24.2 Å². The molecule has 0 radical (unpaired) electrons. The van der Waals surface area contributed by atoms with Crippen LogP contribution < -0.4 is 4.72 Å². The number of carbonyl (C=O) groups excluding carboxylic acids is 1. The Morgan fingerprint density at radius 2 is 1.81 bits per heavy atom. The second-order valence-corrected chi connectivity index (χ2v) is 11.5. The maximum absolute atomic E-state index is 15.4. The van der Waals surface area contributed by atoms with E-state index in [9.17, 15) is 13.2 Å². The van der Waals surface area contributed by atoms with Crippen molar-refractivity contribution in [2.45, 2.75) is 31.6 Å². The third-order valence-electron chi connectivity index (χ3n) is 6.83. The van der Waals surface area contributed by atoms with Gasteiger partial charge in [-0.3, -0.25) is 9.52 Å². The minimum absolute atomic E-state index is 0.227. The van der Waals surface area contributed by atoms with Gasteiger partial charge in [-0.05, 0) is 49.8 Å². The van der Waals surface area contributed by atoms with Crippen molar-refractivity contribution < 1.29 is 17.6 Å². The zero-order valence-electron chi connectivity index (χ0n) is 20.1. The Hall–Kier alpha value is -3.70. The van der Waals surface area contributed by atoms with Crippen LogP contribution in [0, 0.1) is 11.7 Å². The van der Waals surface area contributed by atoms with Gasteiger partial charge in [-0.25, -0.2) is 19.3 Å². The van der Waals surface area contributed by atoms with Gasteiger partial charge in [0.2, 0.25) is 0 Å². The number of halogens is 1. The van der Waals surface area contributed by atoms with Gasteiger partial charge in [0.05, 0.1) is 11.3 Å². The van der Waals surface area contributed by atoms with E-state index in [1.165, 1.54) is 35.7 Å². The number of ketones is 1. The molecule has 0 amide bonds. The molecule has 2 aliphatic carbocycles. The second-order valence-electron chi connectivity index (χ2n) is 9.75. The number of hydrogen-bond acceptors (Lipinski definition) is 6. The summed E-state index contributed by atoms with van der Waals surface area (Å²) >= 11 is 0. The number of hydrogen-bond donors (Lipinski definition) is 2. The van der Waals surface area contributed by atoms with Crippen molar-refractivity contribution in [1.29, 1.82) is 0 Å². The lowest BCUT2D eigenvalue weighted by Gasteiger charge is -2.18. The van der Waals surface area contributed by atoms with E-state index in [2.05, 4.69) is 24.7 Å². The molecule has 4 aromatic rings. The largest absolute Gasteiger partial charge is 0.345 e. The van der Waals surface area contributed by atoms with E-state index in [-0.39, 0.29) is 16.8 Å². The number of nitrogens with one attached hydrogen (secondary N) is 2. The number of anilines is 1. The van der Waals surface area contributed by atoms with Gasteiger partial charge in [0.1, 0.15) is 11.5 Å². The van der Waals surface area contributed by atoms with E-state index in [4.69, 9.17) is 0 Å². The molecule has 2 aliphatic rings. The SMILES string of the molecule is CN(CC1CC1)S(=O)(=O)Nc1cccc(C(=O)c2c[nH]c3ncc(-c4cnc(C5CC5)nc4)cc23)c1F. The molecule has 2 N–H and O–H groups in total. The summed E-state index contributed by atoms with van der Waals surface area (Å²) in [5.74, 6) is 0.0912. The summed E-state index contributed by atoms with van der Waals surface area (Å²) in [5.41, 5.74) is 1.67. The third-order valence-corrected chi connectivity index (χ3v) is 8.28. The first-order valence-electron chi connectivity index (χ1n) is 12.2. The lowest BCUT2D eigenvalue weighted by molar-refractivity contribution is 0.103. The van der Waals surface area contributed by atoms with Gasteiger partial charge in [0, 0.05) is 66.4 Å². The fraction of sp³-hybridized carbons (Fsp3) is 0.308. The first kappa shape index (κ1) is 23.7. The lowest BCUT2D eigenvalue weighted by Crippen LogP contribution is -2.34. The van der Waals surface area contributed by atoms with E-state index < -0.39 is 21.8 Å². The van der Waals surface area contributed by atoms with E-state index in [1.54, 1.807) is 24.7 Å². The van der Waals surface area contributed by atoms with Crippen molar-refractivity contribution in [2.75, 3.05) is 18.3 Å². The first-order valence-corrected chi connectivity index (χ1v) is 13.6. The average Bonchev–Trinajstić information content (AvgIpc) is 3.83. The summed E-state index contributed by atoms with van der Waals surface area (Å²) in [6, 6.07) is 5.88. The molecule has 1 aromatic carbocycles. The number of aromatic amines is 1. The van der Waals surface area contributed by atoms with Gasteiger partial charge in [0.15, 0.2) is 11.6 Å². The van der Waals surface area contributed by atoms with Crippen molar-refractivity contribution >= 4 is 32.7 Å². The van der Waals surface area contributed by atoms with Gasteiger partial charge in [0.25, 0.3) is 0 Å². The lowest BCUT2D eigenvalue weighted by atomic mass is 10.0. The predicted octanol–water partition coefficient (Wildman–Crippen LogP) is 4.27. The summed E-state index contributed by atoms with van der Waals surface area (Å²) < 4.78 is 44.2. The molecule has 0 unspecified atom stereocenters. The highest BCUT2D eigenvalue weighted by molar-refractivity contribution is 7.90. The molecule has 0 bridgehead atoms. The predicted molar refractivity (Wildman–Crippen MR) is 137 cm³/mol. The van der Waals surface area contributed by atoms with E-state index in [0.29, 0.717) is 29.4 Å². The highest BCUT2D eigenvalue weighted by Crippen LogP contribution is 2.38. The fourth-order valence-corrected chi connectivity index (χ4v) is 5.30. The Labute approximate surface area is 213 Å². The van der Waals surface area contributed by atoms with Crippen LogP contribution in [0.1, 0.15) is 53.3 Å². The minimum atomic E-state index is -3.96. The number of carbonyl (C=O) groups is 1. The zero-order valence-corrected chi connectivity index (χ0v) is 20.9. The van der Waals surface area contributed by atoms with Crippen molar-refractivity contribution in [2.24, 2.45) is 5.92 Å². The highest BCUT2D eigenvalue weighted by Gasteiger charge is 2.29. The molecule has 2 fully saturated rings. The standard InChI is InChI=1S/C26H25FN6O3S/c1-33(14-15-5-6-15)37(35,36)32-22-4-2-3-19(23(22)27)24(34)21-13-31-26-20(21)9-17(10-30-26)18-11-28-25(29-12-18)16-7-8-16/h2-4,9-13,15-16,32H,5-8,14H2,1H3,(H,30,31). The van der Waals surface area contributed by atoms with Crippen molar-refractivity contribution in [3.63, 3.8) is 0 Å². The maximum Gasteiger partial charge on any atom is 0.301 e. The first-order chi connectivity index (χ1) is 17.8. The molecular formula is C26H25FN6O3S. The van der Waals surface area contributed by atoms with E-state index >= 15 is 4.39 Å². The third kappa shape index (κ3) is 4.72. The molecule has 11 heteroatoms. The summed E-state index contributed by atoms with van der Waals surface area (Å²) in [5, 5.41) is 0.517. The summed E-state index contributed by atoms with van der Waals surface area (Å²) in [7, 11) is -2.51. The number of nitrogens with zero attached hydrogens (tertiary/aromatic N) is 4. The van der Waals surface area contributed by atoms with Crippen LogP contribution >= 0.6 is 0 Å². The Morgan fingerprint density at radius 3 is 2.51 bits per heavy atom. The van der Waals surface area contributed by atoms with Gasteiger partial charge in [-0.1, -0.05) is 6.07 Å². The molecule has 0 aliphatic heterocycles. The Bertz CT molecular complexity index is 1610. The normalized spacial score (nSPS) is 15.9. The van der Waals surface area contributed by atoms with Crippen LogP contribution in [0.4, 0.5) is 10.1 Å². The topological polar surface area (TPSA) is 121 Å². The molecule has 2 saturated carbocycles. The van der Waals surface area contributed by atoms with Crippen molar-refractivity contribution in [3.05, 3.63) is 71.8 Å². The van der Waals surface area contributed by atoms with Crippen molar-refractivity contribution in [3.8, 4) is 11.1 Å². The molecule has 3 aromatic heterocycles. The minimum Gasteiger partial charge on any atom is -0.345 e. The molecule has 37 heavy (non-hydrogen) atoms. The molecule has 0 atom stereocenters. The van der Waals surface area contributed by atoms with Gasteiger partial charge >= 0.3 is 10.2 Å². The smallest absolute Gasteiger partial charge is 0.301 e. The molecule has 0 saturated heterocycles. The monoisotopic (exact) mass is 520 g/mol. The molecule has 6 rings (SSSR count). The molecule has 190 valence electrons. The molecule has 9 nitrogen and oxygen atoms in total. The van der Waals surface area contributed by atoms with Crippen LogP contribution in [0.3, 0.4) is 0 Å². The second kappa shape index (κ2) is 9.00. The van der Waals surface area contributed by atoms with Gasteiger partial charge in [-0.15, -0.1) is 0 Å². The number of rotatable bonds is 9. The Kier molecular flexibility index (Phi) is 5.76. The van der Waals surface area contributed by atoms with Gasteiger partial charge in [-0.2, -0.15) is 12.7 Å². The number of H-pyrrole nitrogens is 1. The Balaban J connectivity index is 1.29. The summed E-state index contributed by atoms with van der Waals surface area (Å²) in [6.07, 6.45) is 10.8. The number of benzene rings is 1. The van der Waals surface area contributed by atoms with Crippen LogP contribution in [0.25, 0.3) is 22.2 Å². The molecular weight excluding hydrogens is 495 g/mol. The highest BCUT2D eigenvalue weighted by atomic mass is 32.2. The number of pyridine rings is 1.